The van der Waals surface area contributed by atoms with Crippen LogP contribution in [0, 0.1) is 11.8 Å². The minimum atomic E-state index is 0.169. The van der Waals surface area contributed by atoms with E-state index in [-0.39, 0.29) is 23.7 Å². The highest BCUT2D eigenvalue weighted by atomic mass is 79.9. The smallest absolute Gasteiger partial charge is 0.227 e. The molecule has 0 saturated heterocycles. The summed E-state index contributed by atoms with van der Waals surface area (Å²) in [4.78, 5) is 24.1. The second kappa shape index (κ2) is 15.6. The highest BCUT2D eigenvalue weighted by Crippen LogP contribution is 2.26. The average Bonchev–Trinajstić information content (AvgIpc) is 2.90. The molecular formula is C30H39BrN2O3. The Hall–Kier alpha value is -2.44. The Morgan fingerprint density at radius 3 is 1.89 bits per heavy atom. The van der Waals surface area contributed by atoms with E-state index in [1.54, 1.807) is 7.11 Å². The van der Waals surface area contributed by atoms with E-state index in [1.807, 2.05) is 60.7 Å². The molecular weight excluding hydrogens is 516 g/mol. The molecule has 6 heteroatoms. The summed E-state index contributed by atoms with van der Waals surface area (Å²) in [7, 11) is 1.67. The predicted octanol–water partition coefficient (Wildman–Crippen LogP) is 7.83. The minimum absolute atomic E-state index is 0.169. The SMILES string of the molecule is COC/C=C/c1cccc(NC(=O)C2CCCCC2)c1.O=C(Nc1cccc(Br)c1)C1CCCCC1. The molecule has 0 bridgehead atoms. The van der Waals surface area contributed by atoms with Crippen LogP contribution in [0.4, 0.5) is 11.4 Å². The van der Waals surface area contributed by atoms with Gasteiger partial charge in [-0.3, -0.25) is 9.59 Å². The molecule has 194 valence electrons. The van der Waals surface area contributed by atoms with Gasteiger partial charge in [-0.25, -0.2) is 0 Å². The van der Waals surface area contributed by atoms with Crippen molar-refractivity contribution in [2.24, 2.45) is 11.8 Å². The molecule has 2 amide bonds. The van der Waals surface area contributed by atoms with Crippen LogP contribution in [0.15, 0.2) is 59.1 Å². The molecule has 36 heavy (non-hydrogen) atoms. The molecule has 5 nitrogen and oxygen atoms in total. The lowest BCUT2D eigenvalue weighted by atomic mass is 9.88. The summed E-state index contributed by atoms with van der Waals surface area (Å²) >= 11 is 3.40. The molecule has 2 aliphatic carbocycles. The Morgan fingerprint density at radius 2 is 1.36 bits per heavy atom. The first-order chi connectivity index (χ1) is 17.5. The van der Waals surface area contributed by atoms with Gasteiger partial charge >= 0.3 is 0 Å². The molecule has 0 aliphatic heterocycles. The number of anilines is 2. The fraction of sp³-hybridized carbons (Fsp3) is 0.467. The Kier molecular flexibility index (Phi) is 12.2. The van der Waals surface area contributed by atoms with Gasteiger partial charge in [-0.2, -0.15) is 0 Å². The minimum Gasteiger partial charge on any atom is -0.381 e. The first kappa shape index (κ1) is 28.1. The monoisotopic (exact) mass is 554 g/mol. The first-order valence-electron chi connectivity index (χ1n) is 13.2. The van der Waals surface area contributed by atoms with Crippen molar-refractivity contribution < 1.29 is 14.3 Å². The van der Waals surface area contributed by atoms with Gasteiger partial charge in [-0.1, -0.05) is 84.8 Å². The topological polar surface area (TPSA) is 67.4 Å². The van der Waals surface area contributed by atoms with Gasteiger partial charge < -0.3 is 15.4 Å². The fourth-order valence-electron chi connectivity index (χ4n) is 4.78. The summed E-state index contributed by atoms with van der Waals surface area (Å²) in [6.07, 6.45) is 15.4. The predicted molar refractivity (Wildman–Crippen MR) is 152 cm³/mol. The van der Waals surface area contributed by atoms with E-state index in [0.717, 1.165) is 47.1 Å². The number of ether oxygens (including phenoxy) is 1. The van der Waals surface area contributed by atoms with E-state index in [9.17, 15) is 9.59 Å². The third-order valence-electron chi connectivity index (χ3n) is 6.77. The van der Waals surface area contributed by atoms with Crippen molar-refractivity contribution in [2.45, 2.75) is 64.2 Å². The molecule has 2 aromatic carbocycles. The summed E-state index contributed by atoms with van der Waals surface area (Å²) in [6.45, 7) is 0.596. The average molecular weight is 556 g/mol. The van der Waals surface area contributed by atoms with Gasteiger partial charge in [0.25, 0.3) is 0 Å². The van der Waals surface area contributed by atoms with Crippen LogP contribution >= 0.6 is 15.9 Å². The van der Waals surface area contributed by atoms with Crippen LogP contribution in [0.3, 0.4) is 0 Å². The summed E-state index contributed by atoms with van der Waals surface area (Å²) in [5.74, 6) is 0.754. The summed E-state index contributed by atoms with van der Waals surface area (Å²) in [5.41, 5.74) is 2.83. The molecule has 0 heterocycles. The van der Waals surface area contributed by atoms with Gasteiger partial charge in [-0.15, -0.1) is 0 Å². The molecule has 0 spiro atoms. The van der Waals surface area contributed by atoms with Crippen LogP contribution in [-0.4, -0.2) is 25.5 Å². The maximum atomic E-state index is 12.2. The second-order valence-electron chi connectivity index (χ2n) is 9.64. The number of amides is 2. The lowest BCUT2D eigenvalue weighted by Crippen LogP contribution is -2.24. The van der Waals surface area contributed by atoms with Crippen molar-refractivity contribution in [3.63, 3.8) is 0 Å². The number of hydrogen-bond acceptors (Lipinski definition) is 3. The maximum absolute atomic E-state index is 12.2. The van der Waals surface area contributed by atoms with E-state index in [4.69, 9.17) is 4.74 Å². The molecule has 0 unspecified atom stereocenters. The molecule has 2 aliphatic rings. The Balaban J connectivity index is 0.000000205. The second-order valence-corrected chi connectivity index (χ2v) is 10.6. The van der Waals surface area contributed by atoms with Crippen LogP contribution in [0.1, 0.15) is 69.8 Å². The van der Waals surface area contributed by atoms with E-state index < -0.39 is 0 Å². The maximum Gasteiger partial charge on any atom is 0.227 e. The lowest BCUT2D eigenvalue weighted by molar-refractivity contribution is -0.121. The van der Waals surface area contributed by atoms with Crippen molar-refractivity contribution in [1.29, 1.82) is 0 Å². The molecule has 2 saturated carbocycles. The van der Waals surface area contributed by atoms with Crippen LogP contribution in [-0.2, 0) is 14.3 Å². The van der Waals surface area contributed by atoms with Gasteiger partial charge in [0.05, 0.1) is 6.61 Å². The van der Waals surface area contributed by atoms with Crippen molar-refractivity contribution in [1.82, 2.24) is 0 Å². The largest absolute Gasteiger partial charge is 0.381 e. The van der Waals surface area contributed by atoms with Gasteiger partial charge in [0.15, 0.2) is 0 Å². The van der Waals surface area contributed by atoms with Gasteiger partial charge in [0, 0.05) is 34.8 Å². The van der Waals surface area contributed by atoms with E-state index in [2.05, 4.69) is 26.6 Å². The molecule has 2 fully saturated rings. The number of benzene rings is 2. The molecule has 4 rings (SSSR count). The fourth-order valence-corrected chi connectivity index (χ4v) is 5.18. The number of nitrogens with one attached hydrogen (secondary N) is 2. The van der Waals surface area contributed by atoms with Crippen LogP contribution < -0.4 is 10.6 Å². The van der Waals surface area contributed by atoms with Crippen LogP contribution in [0.2, 0.25) is 0 Å². The van der Waals surface area contributed by atoms with Crippen LogP contribution in [0.5, 0.6) is 0 Å². The number of hydrogen-bond donors (Lipinski definition) is 2. The third-order valence-corrected chi connectivity index (χ3v) is 7.26. The number of methoxy groups -OCH3 is 1. The summed E-state index contributed by atoms with van der Waals surface area (Å²) < 4.78 is 5.98. The van der Waals surface area contributed by atoms with Gasteiger partial charge in [0.2, 0.25) is 11.8 Å². The van der Waals surface area contributed by atoms with Crippen molar-refractivity contribution >= 4 is 45.2 Å². The number of carbonyl (C=O) groups is 2. The zero-order valence-electron chi connectivity index (χ0n) is 21.3. The van der Waals surface area contributed by atoms with Gasteiger partial charge in [0.1, 0.15) is 0 Å². The first-order valence-corrected chi connectivity index (χ1v) is 14.0. The van der Waals surface area contributed by atoms with E-state index in [1.165, 1.54) is 38.5 Å². The normalized spacial score (nSPS) is 16.7. The Labute approximate surface area is 224 Å². The quantitative estimate of drug-likeness (QED) is 0.366. The van der Waals surface area contributed by atoms with Crippen molar-refractivity contribution in [3.05, 3.63) is 64.6 Å². The van der Waals surface area contributed by atoms with E-state index >= 15 is 0 Å². The van der Waals surface area contributed by atoms with Crippen molar-refractivity contribution in [3.8, 4) is 0 Å². The van der Waals surface area contributed by atoms with E-state index in [0.29, 0.717) is 6.61 Å². The number of carbonyl (C=O) groups excluding carboxylic acids is 2. The zero-order chi connectivity index (χ0) is 25.6. The van der Waals surface area contributed by atoms with Gasteiger partial charge in [-0.05, 0) is 61.6 Å². The summed E-state index contributed by atoms with van der Waals surface area (Å²) in [5, 5.41) is 6.02. The third kappa shape index (κ3) is 9.90. The molecule has 2 N–H and O–H groups in total. The molecule has 0 radical (unpaired) electrons. The molecule has 2 aromatic rings. The zero-order valence-corrected chi connectivity index (χ0v) is 22.9. The molecule has 0 atom stereocenters. The lowest BCUT2D eigenvalue weighted by Gasteiger charge is -2.20. The highest BCUT2D eigenvalue weighted by Gasteiger charge is 2.21. The highest BCUT2D eigenvalue weighted by molar-refractivity contribution is 9.10. The standard InChI is InChI=1S/C17H23NO2.C13H16BrNO/c1-20-12-6-8-14-7-5-11-16(13-14)18-17(19)15-9-3-2-4-10-15;14-11-7-4-8-12(9-11)15-13(16)10-5-2-1-3-6-10/h5-8,11,13,15H,2-4,9-10,12H2,1H3,(H,18,19);4,7-10H,1-3,5-6H2,(H,15,16)/b8-6+;. The number of halogens is 1. The Morgan fingerprint density at radius 1 is 0.833 bits per heavy atom. The Bertz CT molecular complexity index is 995. The number of rotatable bonds is 7. The summed E-state index contributed by atoms with van der Waals surface area (Å²) in [6, 6.07) is 15.6. The van der Waals surface area contributed by atoms with Crippen LogP contribution in [0.25, 0.3) is 6.08 Å². The molecule has 0 aromatic heterocycles. The van der Waals surface area contributed by atoms with Crippen molar-refractivity contribution in [2.75, 3.05) is 24.4 Å².